The number of thioether (sulfide) groups is 1. The van der Waals surface area contributed by atoms with Crippen molar-refractivity contribution >= 4 is 23.4 Å². The zero-order valence-corrected chi connectivity index (χ0v) is 14.7. The molecule has 1 saturated carbocycles. The molecule has 0 spiro atoms. The lowest BCUT2D eigenvalue weighted by Gasteiger charge is -2.27. The zero-order chi connectivity index (χ0) is 14.9. The predicted octanol–water partition coefficient (Wildman–Crippen LogP) is 5.41. The van der Waals surface area contributed by atoms with Gasteiger partial charge in [0.15, 0.2) is 0 Å². The van der Waals surface area contributed by atoms with Crippen molar-refractivity contribution < 1.29 is 0 Å². The molecule has 1 aliphatic rings. The second-order valence-corrected chi connectivity index (χ2v) is 8.68. The third kappa shape index (κ3) is 3.88. The molecule has 2 nitrogen and oxygen atoms in total. The van der Waals surface area contributed by atoms with Crippen LogP contribution in [0.15, 0.2) is 5.03 Å². The van der Waals surface area contributed by atoms with Gasteiger partial charge in [0.2, 0.25) is 0 Å². The maximum Gasteiger partial charge on any atom is 0.136 e. The van der Waals surface area contributed by atoms with Crippen molar-refractivity contribution in [1.29, 1.82) is 0 Å². The lowest BCUT2D eigenvalue weighted by molar-refractivity contribution is 0.394. The first-order valence-corrected chi connectivity index (χ1v) is 8.74. The minimum Gasteiger partial charge on any atom is -0.226 e. The number of hydrogen-bond donors (Lipinski definition) is 0. The number of halogens is 1. The maximum absolute atomic E-state index is 6.31. The van der Waals surface area contributed by atoms with Crippen LogP contribution in [0.3, 0.4) is 0 Å². The van der Waals surface area contributed by atoms with Crippen LogP contribution in [0.1, 0.15) is 64.8 Å². The highest BCUT2D eigenvalue weighted by Crippen LogP contribution is 2.38. The van der Waals surface area contributed by atoms with Gasteiger partial charge >= 0.3 is 0 Å². The van der Waals surface area contributed by atoms with Gasteiger partial charge in [0.1, 0.15) is 16.0 Å². The van der Waals surface area contributed by atoms with Crippen LogP contribution in [-0.4, -0.2) is 15.2 Å². The van der Waals surface area contributed by atoms with Gasteiger partial charge in [-0.05, 0) is 25.7 Å². The molecule has 20 heavy (non-hydrogen) atoms. The Morgan fingerprint density at radius 3 is 2.50 bits per heavy atom. The molecule has 0 bridgehead atoms. The molecular formula is C16H25ClN2S. The molecule has 112 valence electrons. The first kappa shape index (κ1) is 16.1. The molecule has 1 heterocycles. The lowest BCUT2D eigenvalue weighted by atomic mass is 9.91. The van der Waals surface area contributed by atoms with Gasteiger partial charge in [-0.3, -0.25) is 0 Å². The lowest BCUT2D eigenvalue weighted by Crippen LogP contribution is -2.19. The molecule has 0 radical (unpaired) electrons. The second-order valence-electron chi connectivity index (χ2n) is 7.03. The fraction of sp³-hybridized carbons (Fsp3) is 0.750. The molecule has 0 amide bonds. The molecule has 0 aromatic carbocycles. The normalized spacial score (nSPS) is 23.9. The molecule has 4 heteroatoms. The summed E-state index contributed by atoms with van der Waals surface area (Å²) in [6.45, 7) is 10.8. The van der Waals surface area contributed by atoms with Crippen molar-refractivity contribution in [2.24, 2.45) is 5.92 Å². The molecule has 0 aliphatic heterocycles. The molecule has 1 aliphatic carbocycles. The smallest absolute Gasteiger partial charge is 0.136 e. The molecule has 2 rings (SSSR count). The summed E-state index contributed by atoms with van der Waals surface area (Å²) >= 11 is 8.21. The molecule has 0 saturated heterocycles. The van der Waals surface area contributed by atoms with Crippen molar-refractivity contribution in [3.63, 3.8) is 0 Å². The van der Waals surface area contributed by atoms with Crippen molar-refractivity contribution in [3.8, 4) is 0 Å². The van der Waals surface area contributed by atoms with Gasteiger partial charge in [0, 0.05) is 16.2 Å². The van der Waals surface area contributed by atoms with Crippen LogP contribution in [-0.2, 0) is 5.41 Å². The third-order valence-corrected chi connectivity index (χ3v) is 5.63. The van der Waals surface area contributed by atoms with E-state index in [0.29, 0.717) is 10.4 Å². The Labute approximate surface area is 132 Å². The zero-order valence-electron chi connectivity index (χ0n) is 13.2. The number of rotatable bonds is 2. The molecule has 1 aromatic heterocycles. The minimum atomic E-state index is -0.0630. The van der Waals surface area contributed by atoms with Gasteiger partial charge in [0.05, 0.1) is 0 Å². The van der Waals surface area contributed by atoms with Crippen molar-refractivity contribution in [1.82, 2.24) is 9.97 Å². The van der Waals surface area contributed by atoms with E-state index in [9.17, 15) is 0 Å². The van der Waals surface area contributed by atoms with Gasteiger partial charge in [-0.15, -0.1) is 11.8 Å². The fourth-order valence-electron chi connectivity index (χ4n) is 2.56. The van der Waals surface area contributed by atoms with Crippen molar-refractivity contribution in [2.45, 2.75) is 76.0 Å². The molecule has 1 fully saturated rings. The van der Waals surface area contributed by atoms with E-state index in [4.69, 9.17) is 16.6 Å². The van der Waals surface area contributed by atoms with Crippen molar-refractivity contribution in [2.75, 3.05) is 0 Å². The van der Waals surface area contributed by atoms with E-state index in [-0.39, 0.29) is 5.41 Å². The highest BCUT2D eigenvalue weighted by Gasteiger charge is 2.24. The van der Waals surface area contributed by atoms with Crippen LogP contribution in [0.4, 0.5) is 0 Å². The van der Waals surface area contributed by atoms with Gasteiger partial charge in [-0.2, -0.15) is 0 Å². The second kappa shape index (κ2) is 6.23. The highest BCUT2D eigenvalue weighted by atomic mass is 35.5. The topological polar surface area (TPSA) is 25.8 Å². The number of aromatic nitrogens is 2. The van der Waals surface area contributed by atoms with Crippen LogP contribution in [0.5, 0.6) is 0 Å². The monoisotopic (exact) mass is 312 g/mol. The molecule has 1 aromatic rings. The summed E-state index contributed by atoms with van der Waals surface area (Å²) in [5.41, 5.74) is 0.967. The summed E-state index contributed by atoms with van der Waals surface area (Å²) in [4.78, 5) is 9.24. The van der Waals surface area contributed by atoms with Crippen LogP contribution in [0, 0.1) is 12.8 Å². The van der Waals surface area contributed by atoms with E-state index in [1.54, 1.807) is 0 Å². The van der Waals surface area contributed by atoms with Crippen LogP contribution >= 0.6 is 23.4 Å². The predicted molar refractivity (Wildman–Crippen MR) is 87.8 cm³/mol. The van der Waals surface area contributed by atoms with Crippen LogP contribution < -0.4 is 0 Å². The van der Waals surface area contributed by atoms with Crippen LogP contribution in [0.2, 0.25) is 5.15 Å². The van der Waals surface area contributed by atoms with E-state index in [1.165, 1.54) is 25.7 Å². The van der Waals surface area contributed by atoms with E-state index in [2.05, 4.69) is 32.7 Å². The van der Waals surface area contributed by atoms with Crippen molar-refractivity contribution in [3.05, 3.63) is 16.5 Å². The van der Waals surface area contributed by atoms with E-state index in [0.717, 1.165) is 22.3 Å². The summed E-state index contributed by atoms with van der Waals surface area (Å²) in [5.74, 6) is 1.68. The van der Waals surface area contributed by atoms with Gasteiger partial charge in [-0.25, -0.2) is 9.97 Å². The Morgan fingerprint density at radius 1 is 1.20 bits per heavy atom. The summed E-state index contributed by atoms with van der Waals surface area (Å²) in [6, 6.07) is 0. The maximum atomic E-state index is 6.31. The minimum absolute atomic E-state index is 0.0630. The number of hydrogen-bond acceptors (Lipinski definition) is 3. The highest BCUT2D eigenvalue weighted by molar-refractivity contribution is 7.99. The molecule has 2 atom stereocenters. The first-order chi connectivity index (χ1) is 9.27. The SMILES string of the molecule is Cc1c(Cl)nc(C(C)(C)C)nc1SC1CCCC(C)C1. The van der Waals surface area contributed by atoms with E-state index < -0.39 is 0 Å². The average Bonchev–Trinajstić information content (AvgIpc) is 2.33. The summed E-state index contributed by atoms with van der Waals surface area (Å²) < 4.78 is 0. The Bertz CT molecular complexity index is 482. The Kier molecular flexibility index (Phi) is 5.01. The van der Waals surface area contributed by atoms with Gasteiger partial charge < -0.3 is 0 Å². The standard InChI is InChI=1S/C16H25ClN2S/c1-10-7-6-8-12(9-10)20-14-11(2)13(17)18-15(19-14)16(3,4)5/h10,12H,6-9H2,1-5H3. The van der Waals surface area contributed by atoms with Gasteiger partial charge in [0.25, 0.3) is 0 Å². The molecular weight excluding hydrogens is 288 g/mol. The average molecular weight is 313 g/mol. The fourth-order valence-corrected chi connectivity index (χ4v) is 4.23. The summed E-state index contributed by atoms with van der Waals surface area (Å²) in [5, 5.41) is 2.36. The Hall–Kier alpha value is -0.280. The van der Waals surface area contributed by atoms with E-state index in [1.807, 2.05) is 18.7 Å². The summed E-state index contributed by atoms with van der Waals surface area (Å²) in [7, 11) is 0. The van der Waals surface area contributed by atoms with E-state index >= 15 is 0 Å². The Balaban J connectivity index is 2.24. The first-order valence-electron chi connectivity index (χ1n) is 7.48. The van der Waals surface area contributed by atoms with Crippen LogP contribution in [0.25, 0.3) is 0 Å². The summed E-state index contributed by atoms with van der Waals surface area (Å²) in [6.07, 6.45) is 5.29. The molecule has 2 unspecified atom stereocenters. The number of nitrogens with zero attached hydrogens (tertiary/aromatic N) is 2. The quantitative estimate of drug-likeness (QED) is 0.683. The van der Waals surface area contributed by atoms with Gasteiger partial charge in [-0.1, -0.05) is 52.1 Å². The molecule has 0 N–H and O–H groups in total. The Morgan fingerprint density at radius 2 is 1.90 bits per heavy atom. The third-order valence-electron chi connectivity index (χ3n) is 3.88. The largest absolute Gasteiger partial charge is 0.226 e.